The normalized spacial score (nSPS) is 19.4. The van der Waals surface area contributed by atoms with Crippen molar-refractivity contribution in [2.45, 2.75) is 28.9 Å². The summed E-state index contributed by atoms with van der Waals surface area (Å²) in [7, 11) is 1.56. The Morgan fingerprint density at radius 3 is 2.61 bits per heavy atom. The predicted octanol–water partition coefficient (Wildman–Crippen LogP) is 2.89. The highest BCUT2D eigenvalue weighted by Gasteiger charge is 2.34. The van der Waals surface area contributed by atoms with Crippen molar-refractivity contribution in [2.24, 2.45) is 0 Å². The maximum Gasteiger partial charge on any atom is 0.252 e. The summed E-state index contributed by atoms with van der Waals surface area (Å²) in [5.74, 6) is 0.319. The van der Waals surface area contributed by atoms with Crippen LogP contribution in [0.1, 0.15) is 23.2 Å². The van der Waals surface area contributed by atoms with Gasteiger partial charge in [0.2, 0.25) is 3.79 Å². The van der Waals surface area contributed by atoms with Gasteiger partial charge < -0.3 is 14.8 Å². The van der Waals surface area contributed by atoms with Crippen LogP contribution in [0.5, 0.6) is 5.75 Å². The van der Waals surface area contributed by atoms with Gasteiger partial charge in [-0.15, -0.1) is 0 Å². The van der Waals surface area contributed by atoms with E-state index < -0.39 is 9.96 Å². The molecule has 1 heterocycles. The molecule has 128 valence electrons. The third-order valence-electron chi connectivity index (χ3n) is 3.53. The molecule has 2 unspecified atom stereocenters. The zero-order valence-electron chi connectivity index (χ0n) is 12.7. The first-order chi connectivity index (χ1) is 10.9. The molecule has 0 aromatic heterocycles. The van der Waals surface area contributed by atoms with Crippen molar-refractivity contribution in [3.63, 3.8) is 0 Å². The second-order valence-electron chi connectivity index (χ2n) is 5.22. The zero-order valence-corrected chi connectivity index (χ0v) is 14.9. The predicted molar refractivity (Wildman–Crippen MR) is 91.5 cm³/mol. The second-order valence-corrected chi connectivity index (χ2v) is 7.59. The van der Waals surface area contributed by atoms with Crippen LogP contribution >= 0.6 is 34.8 Å². The van der Waals surface area contributed by atoms with Gasteiger partial charge in [-0.25, -0.2) is 0 Å². The van der Waals surface area contributed by atoms with Crippen molar-refractivity contribution < 1.29 is 14.3 Å². The Morgan fingerprint density at radius 2 is 2.09 bits per heavy atom. The number of rotatable bonds is 6. The molecule has 1 amide bonds. The van der Waals surface area contributed by atoms with Gasteiger partial charge in [0.05, 0.1) is 13.2 Å². The number of methoxy groups -OCH3 is 1. The van der Waals surface area contributed by atoms with Gasteiger partial charge in [0.1, 0.15) is 11.9 Å². The maximum absolute atomic E-state index is 12.3. The fourth-order valence-corrected chi connectivity index (χ4v) is 2.66. The number of nitrogens with one attached hydrogen (secondary N) is 2. The van der Waals surface area contributed by atoms with Gasteiger partial charge in [-0.2, -0.15) is 0 Å². The largest absolute Gasteiger partial charge is 0.497 e. The molecule has 2 atom stereocenters. The van der Waals surface area contributed by atoms with Gasteiger partial charge in [-0.3, -0.25) is 10.1 Å². The Hall–Kier alpha value is -0.720. The van der Waals surface area contributed by atoms with Crippen molar-refractivity contribution >= 4 is 40.7 Å². The summed E-state index contributed by atoms with van der Waals surface area (Å²) in [5.41, 5.74) is 0.448. The van der Waals surface area contributed by atoms with E-state index in [-0.39, 0.29) is 12.0 Å². The zero-order chi connectivity index (χ0) is 16.9. The smallest absolute Gasteiger partial charge is 0.252 e. The Bertz CT molecular complexity index is 514. The first-order valence-electron chi connectivity index (χ1n) is 7.27. The summed E-state index contributed by atoms with van der Waals surface area (Å²) in [6.07, 6.45) is 1.21. The van der Waals surface area contributed by atoms with Crippen LogP contribution in [0.25, 0.3) is 0 Å². The molecule has 1 saturated heterocycles. The molecule has 1 aromatic rings. The maximum atomic E-state index is 12.3. The molecule has 0 bridgehead atoms. The minimum absolute atomic E-state index is 0.0720. The quantitative estimate of drug-likeness (QED) is 0.587. The van der Waals surface area contributed by atoms with Crippen molar-refractivity contribution in [1.82, 2.24) is 10.6 Å². The number of ether oxygens (including phenoxy) is 2. The van der Waals surface area contributed by atoms with E-state index in [1.165, 1.54) is 0 Å². The summed E-state index contributed by atoms with van der Waals surface area (Å²) in [6, 6.07) is 6.67. The van der Waals surface area contributed by atoms with Crippen LogP contribution in [0.2, 0.25) is 0 Å². The second kappa shape index (κ2) is 8.40. The van der Waals surface area contributed by atoms with Crippen molar-refractivity contribution in [2.75, 3.05) is 20.3 Å². The van der Waals surface area contributed by atoms with Gasteiger partial charge in [-0.1, -0.05) is 34.8 Å². The molecule has 8 heteroatoms. The van der Waals surface area contributed by atoms with E-state index in [0.29, 0.717) is 17.9 Å². The lowest BCUT2D eigenvalue weighted by Crippen LogP contribution is -2.54. The topological polar surface area (TPSA) is 59.6 Å². The Kier molecular flexibility index (Phi) is 6.80. The van der Waals surface area contributed by atoms with Gasteiger partial charge in [0, 0.05) is 18.7 Å². The van der Waals surface area contributed by atoms with E-state index in [1.807, 2.05) is 0 Å². The average molecular weight is 382 g/mol. The minimum atomic E-state index is -1.68. The van der Waals surface area contributed by atoms with Crippen LogP contribution in [0.3, 0.4) is 0 Å². The molecule has 1 aromatic carbocycles. The molecule has 0 radical (unpaired) electrons. The number of hydrogen-bond donors (Lipinski definition) is 2. The molecule has 1 aliphatic heterocycles. The molecular formula is C15H19Cl3N2O3. The highest BCUT2D eigenvalue weighted by molar-refractivity contribution is 6.68. The van der Waals surface area contributed by atoms with E-state index in [1.54, 1.807) is 31.4 Å². The number of amides is 1. The molecule has 0 aliphatic carbocycles. The number of benzene rings is 1. The van der Waals surface area contributed by atoms with Gasteiger partial charge in [-0.05, 0) is 37.1 Å². The molecule has 1 fully saturated rings. The Labute approximate surface area is 150 Å². The summed E-state index contributed by atoms with van der Waals surface area (Å²) < 4.78 is 8.89. The molecule has 0 spiro atoms. The number of hydrogen-bond acceptors (Lipinski definition) is 4. The lowest BCUT2D eigenvalue weighted by Gasteiger charge is -2.27. The number of alkyl halides is 3. The number of halogens is 3. The fourth-order valence-electron chi connectivity index (χ4n) is 2.26. The van der Waals surface area contributed by atoms with Crippen LogP contribution in [0.4, 0.5) is 0 Å². The van der Waals surface area contributed by atoms with E-state index in [4.69, 9.17) is 44.3 Å². The molecule has 2 rings (SSSR count). The Morgan fingerprint density at radius 1 is 1.39 bits per heavy atom. The third-order valence-corrected chi connectivity index (χ3v) is 4.18. The van der Waals surface area contributed by atoms with Crippen molar-refractivity contribution in [3.8, 4) is 5.75 Å². The summed E-state index contributed by atoms with van der Waals surface area (Å²) in [5, 5.41) is 5.74. The minimum Gasteiger partial charge on any atom is -0.497 e. The van der Waals surface area contributed by atoms with Crippen LogP contribution in [0, 0.1) is 0 Å². The van der Waals surface area contributed by atoms with E-state index >= 15 is 0 Å². The van der Waals surface area contributed by atoms with Crippen LogP contribution in [-0.4, -0.2) is 42.2 Å². The molecule has 23 heavy (non-hydrogen) atoms. The van der Waals surface area contributed by atoms with E-state index in [2.05, 4.69) is 10.6 Å². The summed E-state index contributed by atoms with van der Waals surface area (Å²) >= 11 is 17.9. The highest BCUT2D eigenvalue weighted by atomic mass is 35.6. The lowest BCUT2D eigenvalue weighted by atomic mass is 10.2. The van der Waals surface area contributed by atoms with Gasteiger partial charge >= 0.3 is 0 Å². The molecule has 2 N–H and O–H groups in total. The number of carbonyl (C=O) groups is 1. The molecule has 5 nitrogen and oxygen atoms in total. The molecule has 0 saturated carbocycles. The summed E-state index contributed by atoms with van der Waals surface area (Å²) in [4.78, 5) is 12.3. The molecule has 1 aliphatic rings. The monoisotopic (exact) mass is 380 g/mol. The first-order valence-corrected chi connectivity index (χ1v) is 8.40. The van der Waals surface area contributed by atoms with Crippen molar-refractivity contribution in [1.29, 1.82) is 0 Å². The van der Waals surface area contributed by atoms with Gasteiger partial charge in [0.15, 0.2) is 0 Å². The van der Waals surface area contributed by atoms with E-state index in [0.717, 1.165) is 19.4 Å². The Balaban J connectivity index is 1.96. The van der Waals surface area contributed by atoms with Crippen molar-refractivity contribution in [3.05, 3.63) is 29.8 Å². The van der Waals surface area contributed by atoms with Crippen LogP contribution in [0.15, 0.2) is 24.3 Å². The van der Waals surface area contributed by atoms with Crippen LogP contribution < -0.4 is 15.4 Å². The SMILES string of the molecule is COc1ccc(C(=O)NC(NCC2CCCO2)C(Cl)(Cl)Cl)cc1. The fraction of sp³-hybridized carbons (Fsp3) is 0.533. The highest BCUT2D eigenvalue weighted by Crippen LogP contribution is 2.29. The van der Waals surface area contributed by atoms with Gasteiger partial charge in [0.25, 0.3) is 5.91 Å². The van der Waals surface area contributed by atoms with E-state index in [9.17, 15) is 4.79 Å². The van der Waals surface area contributed by atoms with Crippen LogP contribution in [-0.2, 0) is 4.74 Å². The molecular weight excluding hydrogens is 363 g/mol. The first kappa shape index (κ1) is 18.6. The third kappa shape index (κ3) is 5.69. The average Bonchev–Trinajstić information content (AvgIpc) is 3.03. The lowest BCUT2D eigenvalue weighted by molar-refractivity contribution is 0.0897. The number of carbonyl (C=O) groups excluding carboxylic acids is 1. The summed E-state index contributed by atoms with van der Waals surface area (Å²) in [6.45, 7) is 1.24. The standard InChI is InChI=1S/C15H19Cl3N2O3/c1-22-11-6-4-10(5-7-11)13(21)20-14(15(16,17)18)19-9-12-3-2-8-23-12/h4-7,12,14,19H,2-3,8-9H2,1H3,(H,20,21).